The summed E-state index contributed by atoms with van der Waals surface area (Å²) >= 11 is 1.78. The highest BCUT2D eigenvalue weighted by Gasteiger charge is 1.68. The highest BCUT2D eigenvalue weighted by molar-refractivity contribution is 8.00. The standard InChI is InChI=1S/C4H9S/c1-3-4-5-2/h4H,3H2,1-2H3. The van der Waals surface area contributed by atoms with Gasteiger partial charge in [0, 0.05) is 5.75 Å². The molecule has 31 valence electrons. The second kappa shape index (κ2) is 4.35. The smallest absolute Gasteiger partial charge is 0.0160 e. The van der Waals surface area contributed by atoms with Crippen molar-refractivity contribution in [1.82, 2.24) is 0 Å². The summed E-state index contributed by atoms with van der Waals surface area (Å²) in [6.45, 7) is 2.14. The van der Waals surface area contributed by atoms with Crippen LogP contribution in [0.5, 0.6) is 0 Å². The Balaban J connectivity index is 2.19. The van der Waals surface area contributed by atoms with Gasteiger partial charge in [0.25, 0.3) is 0 Å². The molecule has 0 nitrogen and oxygen atoms in total. The maximum Gasteiger partial charge on any atom is 0.0160 e. The predicted octanol–water partition coefficient (Wildman–Crippen LogP) is 1.92. The van der Waals surface area contributed by atoms with Crippen LogP contribution in [0.25, 0.3) is 0 Å². The van der Waals surface area contributed by atoms with Crippen LogP contribution < -0.4 is 0 Å². The molecular weight excluding hydrogens is 80.1 g/mol. The Kier molecular flexibility index (Phi) is 4.65. The SMILES string of the molecule is CC[CH]SC. The Labute approximate surface area is 38.0 Å². The summed E-state index contributed by atoms with van der Waals surface area (Å²) in [4.78, 5) is 0. The van der Waals surface area contributed by atoms with Crippen molar-refractivity contribution in [2.45, 2.75) is 13.3 Å². The van der Waals surface area contributed by atoms with Crippen LogP contribution in [0.1, 0.15) is 13.3 Å². The highest BCUT2D eigenvalue weighted by Crippen LogP contribution is 1.99. The lowest BCUT2D eigenvalue weighted by molar-refractivity contribution is 1.20. The fraction of sp³-hybridized carbons (Fsp3) is 0.750. The lowest BCUT2D eigenvalue weighted by Gasteiger charge is -1.79. The number of thioether (sulfide) groups is 1. The molecule has 0 saturated heterocycles. The molecule has 0 fully saturated rings. The van der Waals surface area contributed by atoms with Crippen LogP contribution in [-0.4, -0.2) is 6.26 Å². The van der Waals surface area contributed by atoms with Crippen molar-refractivity contribution in [1.29, 1.82) is 0 Å². The molecule has 0 aliphatic rings. The van der Waals surface area contributed by atoms with Crippen LogP contribution in [0.2, 0.25) is 0 Å². The molecular formula is C4H9S. The molecule has 0 aromatic carbocycles. The van der Waals surface area contributed by atoms with Crippen LogP contribution in [0.15, 0.2) is 0 Å². The molecule has 0 bridgehead atoms. The van der Waals surface area contributed by atoms with Gasteiger partial charge < -0.3 is 0 Å². The number of rotatable bonds is 2. The molecule has 0 atom stereocenters. The third-order valence-electron chi connectivity index (χ3n) is 0.333. The lowest BCUT2D eigenvalue weighted by Crippen LogP contribution is -1.54. The Hall–Kier alpha value is 0.350. The highest BCUT2D eigenvalue weighted by atomic mass is 32.2. The third-order valence-corrected chi connectivity index (χ3v) is 1.000. The van der Waals surface area contributed by atoms with Gasteiger partial charge in [0.1, 0.15) is 0 Å². The summed E-state index contributed by atoms with van der Waals surface area (Å²) in [5.41, 5.74) is 0. The second-order valence-corrected chi connectivity index (χ2v) is 1.62. The minimum absolute atomic E-state index is 1.18. The van der Waals surface area contributed by atoms with Gasteiger partial charge in [-0.3, -0.25) is 0 Å². The Morgan fingerprint density at radius 2 is 2.40 bits per heavy atom. The van der Waals surface area contributed by atoms with E-state index >= 15 is 0 Å². The topological polar surface area (TPSA) is 0 Å². The fourth-order valence-electron chi connectivity index (χ4n) is 0.167. The second-order valence-electron chi connectivity index (χ2n) is 0.811. The molecule has 0 aliphatic carbocycles. The molecule has 5 heavy (non-hydrogen) atoms. The Bertz CT molecular complexity index is 11.1. The van der Waals surface area contributed by atoms with E-state index in [1.165, 1.54) is 6.42 Å². The molecule has 0 aliphatic heterocycles. The van der Waals surface area contributed by atoms with Crippen LogP contribution in [0.3, 0.4) is 0 Å². The van der Waals surface area contributed by atoms with Gasteiger partial charge in [-0.05, 0) is 12.7 Å². The first-order valence-corrected chi connectivity index (χ1v) is 3.05. The summed E-state index contributed by atoms with van der Waals surface area (Å²) < 4.78 is 0. The van der Waals surface area contributed by atoms with Gasteiger partial charge in [-0.15, -0.1) is 0 Å². The summed E-state index contributed by atoms with van der Waals surface area (Å²) in [5, 5.41) is 0. The van der Waals surface area contributed by atoms with E-state index in [-0.39, 0.29) is 0 Å². The van der Waals surface area contributed by atoms with Crippen molar-refractivity contribution in [2.24, 2.45) is 0 Å². The maximum absolute atomic E-state index is 2.17. The first-order chi connectivity index (χ1) is 2.41. The van der Waals surface area contributed by atoms with Gasteiger partial charge in [-0.1, -0.05) is 6.92 Å². The average molecular weight is 89.2 g/mol. The first kappa shape index (κ1) is 5.35. The molecule has 0 N–H and O–H groups in total. The van der Waals surface area contributed by atoms with Crippen LogP contribution >= 0.6 is 11.8 Å². The van der Waals surface area contributed by atoms with Gasteiger partial charge in [0.05, 0.1) is 0 Å². The molecule has 0 saturated carbocycles. The molecule has 0 amide bonds. The van der Waals surface area contributed by atoms with Crippen LogP contribution in [0.4, 0.5) is 0 Å². The summed E-state index contributed by atoms with van der Waals surface area (Å²) in [7, 11) is 0. The number of hydrogen-bond donors (Lipinski definition) is 0. The van der Waals surface area contributed by atoms with Crippen molar-refractivity contribution in [3.05, 3.63) is 5.75 Å². The molecule has 1 radical (unpaired) electrons. The molecule has 0 rings (SSSR count). The quantitative estimate of drug-likeness (QED) is 0.498. The predicted molar refractivity (Wildman–Crippen MR) is 28.1 cm³/mol. The van der Waals surface area contributed by atoms with Crippen molar-refractivity contribution in [3.8, 4) is 0 Å². The van der Waals surface area contributed by atoms with Gasteiger partial charge in [-0.25, -0.2) is 0 Å². The average Bonchev–Trinajstić information content (AvgIpc) is 1.41. The maximum atomic E-state index is 2.17. The van der Waals surface area contributed by atoms with Gasteiger partial charge in [0.2, 0.25) is 0 Å². The zero-order valence-corrected chi connectivity index (χ0v) is 4.51. The molecule has 0 heterocycles. The van der Waals surface area contributed by atoms with E-state index < -0.39 is 0 Å². The molecule has 1 heteroatoms. The van der Waals surface area contributed by atoms with E-state index in [9.17, 15) is 0 Å². The minimum atomic E-state index is 1.18. The molecule has 0 aromatic rings. The normalized spacial score (nSPS) is 8.40. The van der Waals surface area contributed by atoms with Crippen molar-refractivity contribution < 1.29 is 0 Å². The zero-order valence-electron chi connectivity index (χ0n) is 3.69. The van der Waals surface area contributed by atoms with Crippen LogP contribution in [0, 0.1) is 5.75 Å². The Morgan fingerprint density at radius 3 is 2.40 bits per heavy atom. The summed E-state index contributed by atoms with van der Waals surface area (Å²) in [6, 6.07) is 0. The van der Waals surface area contributed by atoms with Crippen molar-refractivity contribution >= 4 is 11.8 Å². The molecule has 0 unspecified atom stereocenters. The van der Waals surface area contributed by atoms with Crippen molar-refractivity contribution in [3.63, 3.8) is 0 Å². The fourth-order valence-corrected chi connectivity index (χ4v) is 0.500. The van der Waals surface area contributed by atoms with E-state index in [1.54, 1.807) is 11.8 Å². The monoisotopic (exact) mass is 89.0 g/mol. The van der Waals surface area contributed by atoms with Gasteiger partial charge >= 0.3 is 0 Å². The molecule has 0 aromatic heterocycles. The van der Waals surface area contributed by atoms with E-state index in [0.717, 1.165) is 0 Å². The third kappa shape index (κ3) is 4.35. The first-order valence-electron chi connectivity index (χ1n) is 1.76. The van der Waals surface area contributed by atoms with E-state index in [1.807, 2.05) is 0 Å². The van der Waals surface area contributed by atoms with Crippen LogP contribution in [-0.2, 0) is 0 Å². The van der Waals surface area contributed by atoms with Gasteiger partial charge in [-0.2, -0.15) is 11.8 Å². The summed E-state index contributed by atoms with van der Waals surface area (Å²) in [6.07, 6.45) is 3.25. The van der Waals surface area contributed by atoms with E-state index in [2.05, 4.69) is 18.9 Å². The van der Waals surface area contributed by atoms with E-state index in [0.29, 0.717) is 0 Å². The summed E-state index contributed by atoms with van der Waals surface area (Å²) in [5.74, 6) is 2.17. The number of hydrogen-bond acceptors (Lipinski definition) is 1. The zero-order chi connectivity index (χ0) is 4.12. The molecule has 0 spiro atoms. The lowest BCUT2D eigenvalue weighted by atomic mass is 10.6. The van der Waals surface area contributed by atoms with Gasteiger partial charge in [0.15, 0.2) is 0 Å². The minimum Gasteiger partial charge on any atom is -0.161 e. The van der Waals surface area contributed by atoms with Crippen molar-refractivity contribution in [2.75, 3.05) is 6.26 Å². The Morgan fingerprint density at radius 1 is 1.80 bits per heavy atom. The largest absolute Gasteiger partial charge is 0.161 e. The van der Waals surface area contributed by atoms with E-state index in [4.69, 9.17) is 0 Å².